The molecule has 2 nitrogen and oxygen atoms in total. The Balaban J connectivity index is 1.89. The zero-order chi connectivity index (χ0) is 14.8. The third kappa shape index (κ3) is 3.17. The highest BCUT2D eigenvalue weighted by Gasteiger charge is 2.18. The first-order valence-electron chi connectivity index (χ1n) is 6.94. The van der Waals surface area contributed by atoms with E-state index in [0.717, 1.165) is 16.8 Å². The van der Waals surface area contributed by atoms with Gasteiger partial charge >= 0.3 is 0 Å². The lowest BCUT2D eigenvalue weighted by atomic mass is 10.0. The van der Waals surface area contributed by atoms with Crippen LogP contribution in [0.4, 0.5) is 0 Å². The van der Waals surface area contributed by atoms with Crippen molar-refractivity contribution in [2.45, 2.75) is 25.0 Å². The predicted octanol–water partition coefficient (Wildman–Crippen LogP) is 5.36. The topological polar surface area (TPSA) is 18.5 Å². The summed E-state index contributed by atoms with van der Waals surface area (Å²) in [5.41, 5.74) is 5.02. The van der Waals surface area contributed by atoms with Crippen LogP contribution in [0.5, 0.6) is 5.75 Å². The fraction of sp³-hybridized carbons (Fsp3) is 0.294. The summed E-state index contributed by atoms with van der Waals surface area (Å²) in [5, 5.41) is 0. The Morgan fingerprint density at radius 3 is 2.71 bits per heavy atom. The summed E-state index contributed by atoms with van der Waals surface area (Å²) < 4.78 is 12.1. The molecule has 0 fully saturated rings. The third-order valence-corrected chi connectivity index (χ3v) is 5.30. The molecule has 1 aliphatic rings. The largest absolute Gasteiger partial charge is 0.494 e. The van der Waals surface area contributed by atoms with E-state index >= 15 is 0 Å². The zero-order valence-corrected chi connectivity index (χ0v) is 14.9. The molecule has 110 valence electrons. The fourth-order valence-corrected chi connectivity index (χ4v) is 4.08. The Bertz CT molecular complexity index is 655. The third-order valence-electron chi connectivity index (χ3n) is 3.59. The Kier molecular flexibility index (Phi) is 4.67. The van der Waals surface area contributed by atoms with Gasteiger partial charge in [0.1, 0.15) is 5.75 Å². The monoisotopic (exact) mass is 410 g/mol. The molecule has 0 saturated heterocycles. The number of rotatable bonds is 4. The SMILES string of the molecule is CCOc1ccc(C(Br)c2ccc3c(c2)COC3)c(Br)c1. The van der Waals surface area contributed by atoms with E-state index in [-0.39, 0.29) is 4.83 Å². The first-order chi connectivity index (χ1) is 10.2. The maximum absolute atomic E-state index is 5.53. The van der Waals surface area contributed by atoms with E-state index in [1.54, 1.807) is 0 Å². The van der Waals surface area contributed by atoms with E-state index in [2.05, 4.69) is 56.1 Å². The number of hydrogen-bond donors (Lipinski definition) is 0. The highest BCUT2D eigenvalue weighted by Crippen LogP contribution is 2.38. The quantitative estimate of drug-likeness (QED) is 0.630. The molecule has 0 bridgehead atoms. The molecule has 21 heavy (non-hydrogen) atoms. The maximum atomic E-state index is 5.53. The minimum atomic E-state index is 0.147. The van der Waals surface area contributed by atoms with Gasteiger partial charge in [-0.25, -0.2) is 0 Å². The number of fused-ring (bicyclic) bond motifs is 1. The Morgan fingerprint density at radius 2 is 1.95 bits per heavy atom. The summed E-state index contributed by atoms with van der Waals surface area (Å²) in [5.74, 6) is 0.884. The molecule has 0 amide bonds. The van der Waals surface area contributed by atoms with Crippen molar-refractivity contribution in [3.8, 4) is 5.75 Å². The summed E-state index contributed by atoms with van der Waals surface area (Å²) in [6.07, 6.45) is 0. The molecule has 0 N–H and O–H groups in total. The van der Waals surface area contributed by atoms with Gasteiger partial charge in [0.25, 0.3) is 0 Å². The van der Waals surface area contributed by atoms with E-state index in [1.165, 1.54) is 22.3 Å². The van der Waals surface area contributed by atoms with Gasteiger partial charge in [0.05, 0.1) is 24.6 Å². The lowest BCUT2D eigenvalue weighted by Gasteiger charge is -2.15. The molecule has 2 aromatic carbocycles. The molecule has 2 aromatic rings. The summed E-state index contributed by atoms with van der Waals surface area (Å²) in [6, 6.07) is 12.7. The highest BCUT2D eigenvalue weighted by atomic mass is 79.9. The van der Waals surface area contributed by atoms with Crippen molar-refractivity contribution in [2.75, 3.05) is 6.61 Å². The van der Waals surface area contributed by atoms with E-state index in [1.807, 2.05) is 19.1 Å². The maximum Gasteiger partial charge on any atom is 0.120 e. The normalized spacial score (nSPS) is 14.8. The standard InChI is InChI=1S/C17H16Br2O2/c1-2-21-14-5-6-15(16(18)8-14)17(19)11-3-4-12-9-20-10-13(12)7-11/h3-8,17H,2,9-10H2,1H3. The lowest BCUT2D eigenvalue weighted by molar-refractivity contribution is 0.134. The van der Waals surface area contributed by atoms with Gasteiger partial charge < -0.3 is 9.47 Å². The number of halogens is 2. The molecule has 3 rings (SSSR count). The molecule has 1 heterocycles. The first-order valence-corrected chi connectivity index (χ1v) is 8.65. The molecule has 0 aromatic heterocycles. The van der Waals surface area contributed by atoms with Crippen molar-refractivity contribution < 1.29 is 9.47 Å². The number of alkyl halides is 1. The summed E-state index contributed by atoms with van der Waals surface area (Å²) in [4.78, 5) is 0.147. The van der Waals surface area contributed by atoms with Crippen molar-refractivity contribution in [3.63, 3.8) is 0 Å². The van der Waals surface area contributed by atoms with Crippen LogP contribution >= 0.6 is 31.9 Å². The second-order valence-electron chi connectivity index (χ2n) is 5.00. The van der Waals surface area contributed by atoms with Gasteiger partial charge in [0.2, 0.25) is 0 Å². The highest BCUT2D eigenvalue weighted by molar-refractivity contribution is 9.11. The average Bonchev–Trinajstić information content (AvgIpc) is 2.94. The minimum Gasteiger partial charge on any atom is -0.494 e. The molecular formula is C17H16Br2O2. The van der Waals surface area contributed by atoms with Crippen LogP contribution in [-0.2, 0) is 18.0 Å². The lowest BCUT2D eigenvalue weighted by Crippen LogP contribution is -1.97. The van der Waals surface area contributed by atoms with Crippen LogP contribution in [0.2, 0.25) is 0 Å². The fourth-order valence-electron chi connectivity index (χ4n) is 2.50. The van der Waals surface area contributed by atoms with Gasteiger partial charge in [-0.15, -0.1) is 0 Å². The van der Waals surface area contributed by atoms with Gasteiger partial charge in [-0.3, -0.25) is 0 Å². The molecule has 1 aliphatic heterocycles. The second-order valence-corrected chi connectivity index (χ2v) is 6.77. The van der Waals surface area contributed by atoms with Crippen LogP contribution in [-0.4, -0.2) is 6.61 Å². The molecule has 0 aliphatic carbocycles. The molecule has 1 unspecified atom stereocenters. The molecule has 0 radical (unpaired) electrons. The minimum absolute atomic E-state index is 0.147. The van der Waals surface area contributed by atoms with Crippen LogP contribution in [0.25, 0.3) is 0 Å². The Morgan fingerprint density at radius 1 is 1.14 bits per heavy atom. The molecular weight excluding hydrogens is 396 g/mol. The number of hydrogen-bond acceptors (Lipinski definition) is 2. The average molecular weight is 412 g/mol. The van der Waals surface area contributed by atoms with E-state index < -0.39 is 0 Å². The molecule has 0 saturated carbocycles. The molecule has 1 atom stereocenters. The van der Waals surface area contributed by atoms with Crippen molar-refractivity contribution in [1.29, 1.82) is 0 Å². The van der Waals surface area contributed by atoms with Gasteiger partial charge in [0.15, 0.2) is 0 Å². The summed E-state index contributed by atoms with van der Waals surface area (Å²) in [6.45, 7) is 4.11. The van der Waals surface area contributed by atoms with Crippen LogP contribution in [0.1, 0.15) is 34.0 Å². The number of benzene rings is 2. The van der Waals surface area contributed by atoms with Crippen molar-refractivity contribution in [3.05, 3.63) is 63.1 Å². The Hall–Kier alpha value is -0.840. The van der Waals surface area contributed by atoms with Gasteiger partial charge in [-0.05, 0) is 41.3 Å². The smallest absolute Gasteiger partial charge is 0.120 e. The van der Waals surface area contributed by atoms with Crippen molar-refractivity contribution >= 4 is 31.9 Å². The number of ether oxygens (including phenoxy) is 2. The summed E-state index contributed by atoms with van der Waals surface area (Å²) in [7, 11) is 0. The van der Waals surface area contributed by atoms with Crippen LogP contribution in [0, 0.1) is 0 Å². The summed E-state index contributed by atoms with van der Waals surface area (Å²) >= 11 is 7.45. The Labute approximate surface area is 141 Å². The van der Waals surface area contributed by atoms with E-state index in [0.29, 0.717) is 13.2 Å². The molecule has 0 spiro atoms. The second kappa shape index (κ2) is 6.51. The predicted molar refractivity (Wildman–Crippen MR) is 91.0 cm³/mol. The van der Waals surface area contributed by atoms with Crippen molar-refractivity contribution in [2.24, 2.45) is 0 Å². The van der Waals surface area contributed by atoms with Crippen LogP contribution < -0.4 is 4.74 Å². The zero-order valence-electron chi connectivity index (χ0n) is 11.7. The van der Waals surface area contributed by atoms with Gasteiger partial charge in [-0.1, -0.05) is 56.1 Å². The first kappa shape index (κ1) is 15.1. The van der Waals surface area contributed by atoms with E-state index in [9.17, 15) is 0 Å². The van der Waals surface area contributed by atoms with Gasteiger partial charge in [0, 0.05) is 4.47 Å². The van der Waals surface area contributed by atoms with Crippen molar-refractivity contribution in [1.82, 2.24) is 0 Å². The van der Waals surface area contributed by atoms with E-state index in [4.69, 9.17) is 9.47 Å². The van der Waals surface area contributed by atoms with Gasteiger partial charge in [-0.2, -0.15) is 0 Å². The van der Waals surface area contributed by atoms with Crippen LogP contribution in [0.15, 0.2) is 40.9 Å². The van der Waals surface area contributed by atoms with Crippen LogP contribution in [0.3, 0.4) is 0 Å². The molecule has 4 heteroatoms.